The number of hydrogen-bond acceptors (Lipinski definition) is 4. The summed E-state index contributed by atoms with van der Waals surface area (Å²) in [5, 5.41) is 6.99. The van der Waals surface area contributed by atoms with Crippen molar-refractivity contribution in [2.45, 2.75) is 43.5 Å². The highest BCUT2D eigenvalue weighted by Crippen LogP contribution is 2.33. The van der Waals surface area contributed by atoms with Gasteiger partial charge >= 0.3 is 6.18 Å². The van der Waals surface area contributed by atoms with Crippen LogP contribution in [-0.4, -0.2) is 31.7 Å². The molecule has 1 saturated carbocycles. The van der Waals surface area contributed by atoms with Crippen LogP contribution in [0.2, 0.25) is 0 Å². The average molecular weight is 384 g/mol. The Bertz CT molecular complexity index is 743. The molecule has 1 aliphatic carbocycles. The fraction of sp³-hybridized carbons (Fsp3) is 0.471. The van der Waals surface area contributed by atoms with Crippen LogP contribution in [0.3, 0.4) is 0 Å². The number of rotatable bonds is 5. The third kappa shape index (κ3) is 4.78. The van der Waals surface area contributed by atoms with Crippen LogP contribution >= 0.6 is 11.8 Å². The highest BCUT2D eigenvalue weighted by molar-refractivity contribution is 8.00. The second kappa shape index (κ2) is 8.11. The van der Waals surface area contributed by atoms with Crippen LogP contribution in [0.4, 0.5) is 18.9 Å². The number of nitrogens with one attached hydrogen (secondary N) is 1. The first kappa shape index (κ1) is 18.8. The molecule has 1 aliphatic rings. The molecule has 1 amide bonds. The zero-order chi connectivity index (χ0) is 18.6. The number of alkyl halides is 3. The third-order valence-electron chi connectivity index (χ3n) is 4.27. The summed E-state index contributed by atoms with van der Waals surface area (Å²) in [6.07, 6.45) is 3.91. The normalized spacial score (nSPS) is 15.8. The molecule has 140 valence electrons. The van der Waals surface area contributed by atoms with E-state index in [4.69, 9.17) is 0 Å². The molecule has 0 aliphatic heterocycles. The molecule has 3 rings (SSSR count). The highest BCUT2D eigenvalue weighted by atomic mass is 32.2. The largest absolute Gasteiger partial charge is 0.416 e. The van der Waals surface area contributed by atoms with Gasteiger partial charge in [0.25, 0.3) is 0 Å². The molecule has 0 atom stereocenters. The summed E-state index contributed by atoms with van der Waals surface area (Å²) in [5.41, 5.74) is -0.414. The van der Waals surface area contributed by atoms with Gasteiger partial charge in [0.2, 0.25) is 5.91 Å². The molecule has 0 saturated heterocycles. The lowest BCUT2D eigenvalue weighted by Gasteiger charge is -2.21. The van der Waals surface area contributed by atoms with Gasteiger partial charge in [0, 0.05) is 5.25 Å². The number of hydrogen-bond donors (Lipinski definition) is 1. The van der Waals surface area contributed by atoms with Gasteiger partial charge in [-0.1, -0.05) is 19.3 Å². The van der Waals surface area contributed by atoms with Crippen LogP contribution in [0, 0.1) is 0 Å². The standard InChI is InChI=1S/C17H19F3N4OS/c18-17(19,20)12-6-7-15(24-11-21-10-22-24)14(8-12)23-16(25)9-26-13-4-2-1-3-5-13/h6-8,10-11,13H,1-5,9H2,(H,23,25). The van der Waals surface area contributed by atoms with Crippen LogP contribution in [0.15, 0.2) is 30.9 Å². The number of carbonyl (C=O) groups excluding carboxylic acids is 1. The molecular weight excluding hydrogens is 365 g/mol. The minimum Gasteiger partial charge on any atom is -0.323 e. The number of amides is 1. The zero-order valence-electron chi connectivity index (χ0n) is 14.0. The zero-order valence-corrected chi connectivity index (χ0v) is 14.8. The maximum absolute atomic E-state index is 13.0. The Kier molecular flexibility index (Phi) is 5.85. The molecule has 26 heavy (non-hydrogen) atoms. The molecule has 9 heteroatoms. The molecule has 0 unspecified atom stereocenters. The van der Waals surface area contributed by atoms with E-state index in [1.807, 2.05) is 0 Å². The number of thioether (sulfide) groups is 1. The van der Waals surface area contributed by atoms with Crippen molar-refractivity contribution in [2.24, 2.45) is 0 Å². The number of halogens is 3. The number of anilines is 1. The Labute approximate surface area is 153 Å². The van der Waals surface area contributed by atoms with E-state index in [1.165, 1.54) is 42.7 Å². The lowest BCUT2D eigenvalue weighted by atomic mass is 10.0. The monoisotopic (exact) mass is 384 g/mol. The SMILES string of the molecule is O=C(CSC1CCCCC1)Nc1cc(C(F)(F)F)ccc1-n1cncn1. The first-order valence-electron chi connectivity index (χ1n) is 8.41. The number of carbonyl (C=O) groups is 1. The Hall–Kier alpha value is -2.03. The number of aromatic nitrogens is 3. The number of nitrogens with zero attached hydrogens (tertiary/aromatic N) is 3. The Morgan fingerprint density at radius 1 is 1.27 bits per heavy atom. The minimum atomic E-state index is -4.49. The van der Waals surface area contributed by atoms with E-state index in [2.05, 4.69) is 15.4 Å². The molecular formula is C17H19F3N4OS. The van der Waals surface area contributed by atoms with Crippen molar-refractivity contribution < 1.29 is 18.0 Å². The van der Waals surface area contributed by atoms with Crippen molar-refractivity contribution in [1.29, 1.82) is 0 Å². The molecule has 0 bridgehead atoms. The first-order valence-corrected chi connectivity index (χ1v) is 9.46. The molecule has 1 aromatic carbocycles. The Morgan fingerprint density at radius 2 is 2.04 bits per heavy atom. The predicted octanol–water partition coefficient (Wildman–Crippen LogP) is 4.29. The molecule has 0 spiro atoms. The maximum atomic E-state index is 13.0. The lowest BCUT2D eigenvalue weighted by Crippen LogP contribution is -2.19. The van der Waals surface area contributed by atoms with E-state index in [9.17, 15) is 18.0 Å². The van der Waals surface area contributed by atoms with Gasteiger partial charge in [-0.05, 0) is 31.0 Å². The van der Waals surface area contributed by atoms with E-state index in [1.54, 1.807) is 11.8 Å². The average Bonchev–Trinajstić information content (AvgIpc) is 3.14. The summed E-state index contributed by atoms with van der Waals surface area (Å²) in [6.45, 7) is 0. The highest BCUT2D eigenvalue weighted by Gasteiger charge is 2.31. The van der Waals surface area contributed by atoms with E-state index < -0.39 is 11.7 Å². The fourth-order valence-corrected chi connectivity index (χ4v) is 4.08. The minimum absolute atomic E-state index is 0.0690. The summed E-state index contributed by atoms with van der Waals surface area (Å²) in [4.78, 5) is 16.1. The first-order chi connectivity index (χ1) is 12.4. The van der Waals surface area contributed by atoms with Crippen LogP contribution in [0.25, 0.3) is 5.69 Å². The van der Waals surface area contributed by atoms with Gasteiger partial charge < -0.3 is 5.32 Å². The van der Waals surface area contributed by atoms with E-state index in [0.717, 1.165) is 25.0 Å². The van der Waals surface area contributed by atoms with E-state index in [-0.39, 0.29) is 17.3 Å². The van der Waals surface area contributed by atoms with Gasteiger partial charge in [0.1, 0.15) is 12.7 Å². The van der Waals surface area contributed by atoms with Gasteiger partial charge in [-0.2, -0.15) is 18.3 Å². The number of benzene rings is 1. The Balaban J connectivity index is 1.74. The van der Waals surface area contributed by atoms with Crippen molar-refractivity contribution in [3.8, 4) is 5.69 Å². The molecule has 1 aromatic heterocycles. The van der Waals surface area contributed by atoms with E-state index in [0.29, 0.717) is 10.9 Å². The summed E-state index contributed by atoms with van der Waals surface area (Å²) >= 11 is 1.57. The molecule has 1 heterocycles. The smallest absolute Gasteiger partial charge is 0.323 e. The third-order valence-corrected chi connectivity index (χ3v) is 5.64. The lowest BCUT2D eigenvalue weighted by molar-refractivity contribution is -0.137. The topological polar surface area (TPSA) is 59.8 Å². The second-order valence-corrected chi connectivity index (χ2v) is 7.48. The van der Waals surface area contributed by atoms with Crippen molar-refractivity contribution in [2.75, 3.05) is 11.1 Å². The molecule has 1 N–H and O–H groups in total. The molecule has 2 aromatic rings. The van der Waals surface area contributed by atoms with Crippen molar-refractivity contribution in [3.63, 3.8) is 0 Å². The van der Waals surface area contributed by atoms with Crippen molar-refractivity contribution in [1.82, 2.24) is 14.8 Å². The molecule has 5 nitrogen and oxygen atoms in total. The maximum Gasteiger partial charge on any atom is 0.416 e. The summed E-state index contributed by atoms with van der Waals surface area (Å²) in [7, 11) is 0. The van der Waals surface area contributed by atoms with Crippen LogP contribution in [0.1, 0.15) is 37.7 Å². The predicted molar refractivity (Wildman–Crippen MR) is 94.3 cm³/mol. The second-order valence-electron chi connectivity index (χ2n) is 6.19. The van der Waals surface area contributed by atoms with Crippen LogP contribution in [-0.2, 0) is 11.0 Å². The van der Waals surface area contributed by atoms with Gasteiger partial charge in [0.05, 0.1) is 22.7 Å². The van der Waals surface area contributed by atoms with E-state index >= 15 is 0 Å². The quantitative estimate of drug-likeness (QED) is 0.835. The van der Waals surface area contributed by atoms with Crippen molar-refractivity contribution >= 4 is 23.4 Å². The van der Waals surface area contributed by atoms with Crippen molar-refractivity contribution in [3.05, 3.63) is 36.4 Å². The summed E-state index contributed by atoms with van der Waals surface area (Å²) < 4.78 is 40.4. The summed E-state index contributed by atoms with van der Waals surface area (Å²) in [5.74, 6) is -0.0983. The van der Waals surface area contributed by atoms with Crippen LogP contribution in [0.5, 0.6) is 0 Å². The summed E-state index contributed by atoms with van der Waals surface area (Å²) in [6, 6.07) is 3.17. The van der Waals surface area contributed by atoms with Crippen LogP contribution < -0.4 is 5.32 Å². The van der Waals surface area contributed by atoms with Gasteiger partial charge in [0.15, 0.2) is 0 Å². The van der Waals surface area contributed by atoms with Gasteiger partial charge in [-0.3, -0.25) is 4.79 Å². The Morgan fingerprint density at radius 3 is 2.69 bits per heavy atom. The molecule has 1 fully saturated rings. The van der Waals surface area contributed by atoms with Gasteiger partial charge in [-0.25, -0.2) is 9.67 Å². The molecule has 0 radical (unpaired) electrons. The fourth-order valence-electron chi connectivity index (χ4n) is 2.96. The van der Waals surface area contributed by atoms with Gasteiger partial charge in [-0.15, -0.1) is 11.8 Å².